The molecule has 0 saturated heterocycles. The van der Waals surface area contributed by atoms with E-state index < -0.39 is 18.3 Å². The van der Waals surface area contributed by atoms with Crippen molar-refractivity contribution in [3.63, 3.8) is 0 Å². The summed E-state index contributed by atoms with van der Waals surface area (Å²) in [5.74, 6) is 0. The molecule has 0 saturated carbocycles. The molecule has 0 radical (unpaired) electrons. The number of amides is 3. The van der Waals surface area contributed by atoms with Crippen LogP contribution in [0.25, 0.3) is 0 Å². The maximum Gasteiger partial charge on any atom is 0.404 e. The zero-order chi connectivity index (χ0) is 15.0. The first-order valence-electron chi connectivity index (χ1n) is 5.08. The lowest BCUT2D eigenvalue weighted by Gasteiger charge is -1.89. The normalized spacial score (nSPS) is 7.50. The van der Waals surface area contributed by atoms with Crippen LogP contribution in [0.3, 0.4) is 0 Å². The van der Waals surface area contributed by atoms with Gasteiger partial charge in [-0.3, -0.25) is 0 Å². The number of ether oxygens (including phenoxy) is 3. The average Bonchev–Trinajstić information content (AvgIpc) is 2.18. The van der Waals surface area contributed by atoms with Crippen molar-refractivity contribution in [2.45, 2.75) is 20.8 Å². The largest absolute Gasteiger partial charge is 0.450 e. The van der Waals surface area contributed by atoms with Crippen LogP contribution in [-0.2, 0) is 14.2 Å². The zero-order valence-corrected chi connectivity index (χ0v) is 10.8. The predicted octanol–water partition coefficient (Wildman–Crippen LogP) is 0.305. The van der Waals surface area contributed by atoms with Gasteiger partial charge in [-0.1, -0.05) is 0 Å². The molecule has 0 aromatic heterocycles. The van der Waals surface area contributed by atoms with E-state index in [2.05, 4.69) is 31.4 Å². The Hall–Kier alpha value is -2.19. The molecule has 0 aromatic rings. The molecule has 0 aromatic carbocycles. The van der Waals surface area contributed by atoms with Crippen LogP contribution in [0.5, 0.6) is 0 Å². The number of carbonyl (C=O) groups excluding carboxylic acids is 3. The quantitative estimate of drug-likeness (QED) is 0.624. The molecule has 0 aliphatic heterocycles. The third-order valence-corrected chi connectivity index (χ3v) is 0.860. The number of carbonyl (C=O) groups is 3. The Balaban J connectivity index is -0.000000187. The average molecular weight is 267 g/mol. The van der Waals surface area contributed by atoms with Crippen molar-refractivity contribution in [3.8, 4) is 0 Å². The highest BCUT2D eigenvalue weighted by molar-refractivity contribution is 5.64. The smallest absolute Gasteiger partial charge is 0.404 e. The Morgan fingerprint density at radius 2 is 0.833 bits per heavy atom. The lowest BCUT2D eigenvalue weighted by Crippen LogP contribution is -2.11. The van der Waals surface area contributed by atoms with Gasteiger partial charge < -0.3 is 31.4 Å². The number of primary amides is 3. The van der Waals surface area contributed by atoms with E-state index in [0.717, 1.165) is 0 Å². The van der Waals surface area contributed by atoms with Gasteiger partial charge in [0.15, 0.2) is 0 Å². The summed E-state index contributed by atoms with van der Waals surface area (Å²) in [6.07, 6.45) is -2.13. The minimum absolute atomic E-state index is 0.356. The zero-order valence-electron chi connectivity index (χ0n) is 10.8. The van der Waals surface area contributed by atoms with Gasteiger partial charge in [0.2, 0.25) is 0 Å². The molecule has 0 aliphatic rings. The van der Waals surface area contributed by atoms with Crippen molar-refractivity contribution in [2.24, 2.45) is 17.2 Å². The molecule has 9 nitrogen and oxygen atoms in total. The van der Waals surface area contributed by atoms with Crippen LogP contribution in [0.1, 0.15) is 20.8 Å². The van der Waals surface area contributed by atoms with E-state index in [1.54, 1.807) is 20.8 Å². The molecule has 0 aliphatic carbocycles. The third kappa shape index (κ3) is 48.9. The van der Waals surface area contributed by atoms with Crippen LogP contribution in [0.4, 0.5) is 14.4 Å². The Bertz CT molecular complexity index is 196. The van der Waals surface area contributed by atoms with Gasteiger partial charge in [-0.05, 0) is 20.8 Å². The number of nitrogens with two attached hydrogens (primary N) is 3. The fraction of sp³-hybridized carbons (Fsp3) is 0.667. The lowest BCUT2D eigenvalue weighted by molar-refractivity contribution is 0.162. The maximum absolute atomic E-state index is 9.60. The lowest BCUT2D eigenvalue weighted by atomic mass is 10.9. The Labute approximate surface area is 106 Å². The summed E-state index contributed by atoms with van der Waals surface area (Å²) in [5, 5.41) is 0. The van der Waals surface area contributed by atoms with Crippen LogP contribution in [-0.4, -0.2) is 38.1 Å². The van der Waals surface area contributed by atoms with Gasteiger partial charge in [-0.15, -0.1) is 0 Å². The van der Waals surface area contributed by atoms with Crippen LogP contribution in [0, 0.1) is 0 Å². The second-order valence-corrected chi connectivity index (χ2v) is 2.26. The highest BCUT2D eigenvalue weighted by Crippen LogP contribution is 1.67. The van der Waals surface area contributed by atoms with E-state index >= 15 is 0 Å². The molecule has 9 heteroatoms. The van der Waals surface area contributed by atoms with E-state index in [1.807, 2.05) is 0 Å². The van der Waals surface area contributed by atoms with Crippen LogP contribution in [0.2, 0.25) is 0 Å². The van der Waals surface area contributed by atoms with E-state index in [-0.39, 0.29) is 0 Å². The second kappa shape index (κ2) is 17.2. The van der Waals surface area contributed by atoms with Gasteiger partial charge in [-0.2, -0.15) is 0 Å². The molecule has 0 heterocycles. The molecular formula is C9H21N3O6. The van der Waals surface area contributed by atoms with Gasteiger partial charge >= 0.3 is 18.3 Å². The third-order valence-electron chi connectivity index (χ3n) is 0.860. The summed E-state index contributed by atoms with van der Waals surface area (Å²) in [6.45, 7) is 6.17. The molecule has 0 rings (SSSR count). The molecule has 0 unspecified atom stereocenters. The van der Waals surface area contributed by atoms with E-state index in [0.29, 0.717) is 19.8 Å². The van der Waals surface area contributed by atoms with Crippen molar-refractivity contribution in [2.75, 3.05) is 19.8 Å². The molecule has 0 bridgehead atoms. The van der Waals surface area contributed by atoms with Gasteiger partial charge in [0.25, 0.3) is 0 Å². The molecule has 6 N–H and O–H groups in total. The molecular weight excluding hydrogens is 246 g/mol. The van der Waals surface area contributed by atoms with Crippen LogP contribution >= 0.6 is 0 Å². The fourth-order valence-corrected chi connectivity index (χ4v) is 0.427. The maximum atomic E-state index is 9.60. The molecule has 0 fully saturated rings. The number of hydrogen-bond acceptors (Lipinski definition) is 6. The molecule has 18 heavy (non-hydrogen) atoms. The minimum atomic E-state index is -0.711. The van der Waals surface area contributed by atoms with E-state index in [9.17, 15) is 14.4 Å². The summed E-state index contributed by atoms with van der Waals surface area (Å²) < 4.78 is 12.5. The van der Waals surface area contributed by atoms with E-state index in [4.69, 9.17) is 0 Å². The summed E-state index contributed by atoms with van der Waals surface area (Å²) in [7, 11) is 0. The van der Waals surface area contributed by atoms with Crippen molar-refractivity contribution < 1.29 is 28.6 Å². The summed E-state index contributed by atoms with van der Waals surface area (Å²) in [6, 6.07) is 0. The van der Waals surface area contributed by atoms with E-state index in [1.165, 1.54) is 0 Å². The van der Waals surface area contributed by atoms with Gasteiger partial charge in [0.1, 0.15) is 0 Å². The standard InChI is InChI=1S/3C3H7NO2/c3*1-2-6-3(4)5/h3*2H2,1H3,(H2,4,5). The Kier molecular flexibility index (Phi) is 20.2. The fourth-order valence-electron chi connectivity index (χ4n) is 0.427. The first-order valence-corrected chi connectivity index (χ1v) is 5.08. The van der Waals surface area contributed by atoms with Crippen molar-refractivity contribution >= 4 is 18.3 Å². The number of hydrogen-bond donors (Lipinski definition) is 3. The predicted molar refractivity (Wildman–Crippen MR) is 63.6 cm³/mol. The van der Waals surface area contributed by atoms with Crippen molar-refractivity contribution in [1.29, 1.82) is 0 Å². The van der Waals surface area contributed by atoms with Crippen molar-refractivity contribution in [3.05, 3.63) is 0 Å². The van der Waals surface area contributed by atoms with Crippen LogP contribution < -0.4 is 17.2 Å². The Morgan fingerprint density at radius 3 is 0.833 bits per heavy atom. The molecule has 108 valence electrons. The molecule has 0 atom stereocenters. The highest BCUT2D eigenvalue weighted by Gasteiger charge is 1.83. The monoisotopic (exact) mass is 267 g/mol. The summed E-state index contributed by atoms with van der Waals surface area (Å²) in [4.78, 5) is 28.8. The van der Waals surface area contributed by atoms with Gasteiger partial charge in [-0.25, -0.2) is 14.4 Å². The first-order chi connectivity index (χ1) is 8.31. The highest BCUT2D eigenvalue weighted by atomic mass is 16.6. The summed E-state index contributed by atoms with van der Waals surface area (Å²) in [5.41, 5.74) is 13.6. The second-order valence-electron chi connectivity index (χ2n) is 2.26. The molecule has 3 amide bonds. The van der Waals surface area contributed by atoms with Gasteiger partial charge in [0.05, 0.1) is 19.8 Å². The first kappa shape index (κ1) is 21.1. The van der Waals surface area contributed by atoms with Crippen LogP contribution in [0.15, 0.2) is 0 Å². The van der Waals surface area contributed by atoms with Gasteiger partial charge in [0, 0.05) is 0 Å². The minimum Gasteiger partial charge on any atom is -0.450 e. The molecule has 0 spiro atoms. The summed E-state index contributed by atoms with van der Waals surface area (Å²) >= 11 is 0. The SMILES string of the molecule is CCOC(N)=O.CCOC(N)=O.CCOC(N)=O. The Morgan fingerprint density at radius 1 is 0.667 bits per heavy atom. The number of rotatable bonds is 3. The topological polar surface area (TPSA) is 157 Å². The van der Waals surface area contributed by atoms with Crippen molar-refractivity contribution in [1.82, 2.24) is 0 Å².